The molecule has 4 nitrogen and oxygen atoms in total. The highest BCUT2D eigenvalue weighted by Gasteiger charge is 1.90. The Bertz CT molecular complexity index is 100. The Morgan fingerprint density at radius 3 is 2.13 bits per heavy atom. The maximum atomic E-state index is 5.40. The average Bonchev–Trinajstić information content (AvgIpc) is 2.26. The summed E-state index contributed by atoms with van der Waals surface area (Å²) in [4.78, 5) is 0. The van der Waals surface area contributed by atoms with Crippen LogP contribution in [0.5, 0.6) is 0 Å². The third-order valence-corrected chi connectivity index (χ3v) is 1.92. The van der Waals surface area contributed by atoms with Crippen LogP contribution < -0.4 is 5.32 Å². The summed E-state index contributed by atoms with van der Waals surface area (Å²) in [5, 5.41) is 3.25. The second-order valence-corrected chi connectivity index (χ2v) is 3.32. The van der Waals surface area contributed by atoms with Gasteiger partial charge in [-0.25, -0.2) is 0 Å². The van der Waals surface area contributed by atoms with Crippen LogP contribution in [-0.2, 0) is 14.2 Å². The van der Waals surface area contributed by atoms with Gasteiger partial charge in [0.15, 0.2) is 0 Å². The van der Waals surface area contributed by atoms with Gasteiger partial charge >= 0.3 is 0 Å². The first kappa shape index (κ1) is 14.8. The van der Waals surface area contributed by atoms with Crippen LogP contribution in [0.15, 0.2) is 0 Å². The van der Waals surface area contributed by atoms with Gasteiger partial charge in [0.25, 0.3) is 0 Å². The normalized spacial score (nSPS) is 10.8. The van der Waals surface area contributed by atoms with Gasteiger partial charge in [0.05, 0.1) is 26.4 Å². The summed E-state index contributed by atoms with van der Waals surface area (Å²) in [6.45, 7) is 7.68. The zero-order valence-electron chi connectivity index (χ0n) is 10.1. The molecule has 4 heteroatoms. The van der Waals surface area contributed by atoms with Crippen molar-refractivity contribution in [3.8, 4) is 0 Å². The molecule has 0 aliphatic carbocycles. The molecule has 0 aliphatic heterocycles. The molecule has 0 unspecified atom stereocenters. The summed E-state index contributed by atoms with van der Waals surface area (Å²) in [6, 6.07) is 0. The first-order valence-corrected chi connectivity index (χ1v) is 5.77. The molecule has 0 saturated carbocycles. The maximum Gasteiger partial charge on any atom is 0.0700 e. The van der Waals surface area contributed by atoms with Crippen molar-refractivity contribution in [1.82, 2.24) is 5.32 Å². The van der Waals surface area contributed by atoms with Crippen molar-refractivity contribution < 1.29 is 14.2 Å². The van der Waals surface area contributed by atoms with Crippen molar-refractivity contribution in [1.29, 1.82) is 0 Å². The molecule has 0 aromatic rings. The molecule has 0 aromatic carbocycles. The molecule has 0 bridgehead atoms. The van der Waals surface area contributed by atoms with E-state index in [1.54, 1.807) is 7.11 Å². The van der Waals surface area contributed by atoms with Crippen LogP contribution in [0.3, 0.4) is 0 Å². The molecule has 0 aromatic heterocycles. The predicted molar refractivity (Wildman–Crippen MR) is 61.3 cm³/mol. The van der Waals surface area contributed by atoms with Crippen molar-refractivity contribution in [2.45, 2.75) is 19.8 Å². The van der Waals surface area contributed by atoms with Crippen LogP contribution in [0.25, 0.3) is 0 Å². The minimum Gasteiger partial charge on any atom is -0.382 e. The SMILES string of the molecule is CCCCOCCNCCOCCOC. The fourth-order valence-electron chi connectivity index (χ4n) is 1.01. The number of rotatable bonds is 12. The number of unbranched alkanes of at least 4 members (excludes halogenated alkanes) is 1. The Morgan fingerprint density at radius 2 is 1.53 bits per heavy atom. The van der Waals surface area contributed by atoms with Crippen molar-refractivity contribution >= 4 is 0 Å². The van der Waals surface area contributed by atoms with Gasteiger partial charge in [0.2, 0.25) is 0 Å². The van der Waals surface area contributed by atoms with E-state index in [-0.39, 0.29) is 0 Å². The Kier molecular flexibility index (Phi) is 13.7. The summed E-state index contributed by atoms with van der Waals surface area (Å²) < 4.78 is 15.5. The summed E-state index contributed by atoms with van der Waals surface area (Å²) in [5.74, 6) is 0. The Labute approximate surface area is 93.3 Å². The third kappa shape index (κ3) is 13.8. The molecule has 15 heavy (non-hydrogen) atoms. The Morgan fingerprint density at radius 1 is 0.867 bits per heavy atom. The van der Waals surface area contributed by atoms with Crippen LogP contribution in [-0.4, -0.2) is 53.2 Å². The molecular weight excluding hydrogens is 194 g/mol. The lowest BCUT2D eigenvalue weighted by molar-refractivity contribution is 0.0705. The van der Waals surface area contributed by atoms with Crippen molar-refractivity contribution in [2.75, 3.05) is 53.2 Å². The van der Waals surface area contributed by atoms with Gasteiger partial charge in [0, 0.05) is 26.8 Å². The quantitative estimate of drug-likeness (QED) is 0.498. The van der Waals surface area contributed by atoms with Crippen molar-refractivity contribution in [3.63, 3.8) is 0 Å². The van der Waals surface area contributed by atoms with Gasteiger partial charge < -0.3 is 19.5 Å². The molecule has 0 fully saturated rings. The van der Waals surface area contributed by atoms with E-state index in [4.69, 9.17) is 14.2 Å². The number of ether oxygens (including phenoxy) is 3. The molecule has 0 heterocycles. The molecule has 0 saturated heterocycles. The van der Waals surface area contributed by atoms with Gasteiger partial charge in [-0.1, -0.05) is 13.3 Å². The highest BCUT2D eigenvalue weighted by atomic mass is 16.5. The third-order valence-electron chi connectivity index (χ3n) is 1.92. The van der Waals surface area contributed by atoms with Crippen LogP contribution in [0.4, 0.5) is 0 Å². The van der Waals surface area contributed by atoms with E-state index in [0.29, 0.717) is 13.2 Å². The smallest absolute Gasteiger partial charge is 0.0700 e. The monoisotopic (exact) mass is 219 g/mol. The predicted octanol–water partition coefficient (Wildman–Crippen LogP) is 1.06. The standard InChI is InChI=1S/C11H25NO3/c1-3-4-7-14-8-5-12-6-9-15-11-10-13-2/h12H,3-11H2,1-2H3. The molecule has 0 rings (SSSR count). The number of hydrogen-bond donors (Lipinski definition) is 1. The molecule has 0 radical (unpaired) electrons. The molecule has 0 spiro atoms. The zero-order chi connectivity index (χ0) is 11.2. The van der Waals surface area contributed by atoms with E-state index in [1.165, 1.54) is 6.42 Å². The largest absolute Gasteiger partial charge is 0.382 e. The van der Waals surface area contributed by atoms with Crippen molar-refractivity contribution in [2.24, 2.45) is 0 Å². The summed E-state index contributed by atoms with van der Waals surface area (Å²) >= 11 is 0. The second-order valence-electron chi connectivity index (χ2n) is 3.32. The van der Waals surface area contributed by atoms with Gasteiger partial charge in [-0.2, -0.15) is 0 Å². The van der Waals surface area contributed by atoms with Crippen LogP contribution in [0, 0.1) is 0 Å². The minimum atomic E-state index is 0.667. The fourth-order valence-corrected chi connectivity index (χ4v) is 1.01. The molecule has 0 atom stereocenters. The van der Waals surface area contributed by atoms with E-state index in [9.17, 15) is 0 Å². The molecule has 92 valence electrons. The molecular formula is C11H25NO3. The van der Waals surface area contributed by atoms with E-state index in [2.05, 4.69) is 12.2 Å². The fraction of sp³-hybridized carbons (Fsp3) is 1.00. The van der Waals surface area contributed by atoms with Crippen LogP contribution >= 0.6 is 0 Å². The summed E-state index contributed by atoms with van der Waals surface area (Å²) in [6.07, 6.45) is 2.35. The number of methoxy groups -OCH3 is 1. The van der Waals surface area contributed by atoms with E-state index >= 15 is 0 Å². The van der Waals surface area contributed by atoms with E-state index < -0.39 is 0 Å². The Balaban J connectivity index is 2.81. The number of nitrogens with one attached hydrogen (secondary N) is 1. The average molecular weight is 219 g/mol. The first-order chi connectivity index (χ1) is 7.41. The minimum absolute atomic E-state index is 0.667. The highest BCUT2D eigenvalue weighted by molar-refractivity contribution is 4.45. The lowest BCUT2D eigenvalue weighted by atomic mass is 10.4. The second kappa shape index (κ2) is 13.8. The van der Waals surface area contributed by atoms with Gasteiger partial charge in [-0.15, -0.1) is 0 Å². The van der Waals surface area contributed by atoms with E-state index in [0.717, 1.165) is 39.3 Å². The van der Waals surface area contributed by atoms with Crippen LogP contribution in [0.2, 0.25) is 0 Å². The maximum absolute atomic E-state index is 5.40. The highest BCUT2D eigenvalue weighted by Crippen LogP contribution is 1.86. The van der Waals surface area contributed by atoms with Crippen LogP contribution in [0.1, 0.15) is 19.8 Å². The Hall–Kier alpha value is -0.160. The topological polar surface area (TPSA) is 39.7 Å². The lowest BCUT2D eigenvalue weighted by Crippen LogP contribution is -2.24. The van der Waals surface area contributed by atoms with Gasteiger partial charge in [-0.3, -0.25) is 0 Å². The van der Waals surface area contributed by atoms with E-state index in [1.807, 2.05) is 0 Å². The summed E-state index contributed by atoms with van der Waals surface area (Å²) in [7, 11) is 1.68. The van der Waals surface area contributed by atoms with Crippen molar-refractivity contribution in [3.05, 3.63) is 0 Å². The summed E-state index contributed by atoms with van der Waals surface area (Å²) in [5.41, 5.74) is 0. The molecule has 1 N–H and O–H groups in total. The molecule has 0 aliphatic rings. The first-order valence-electron chi connectivity index (χ1n) is 5.77. The zero-order valence-corrected chi connectivity index (χ0v) is 10.1. The lowest BCUT2D eigenvalue weighted by Gasteiger charge is -2.06. The van der Waals surface area contributed by atoms with Gasteiger partial charge in [0.1, 0.15) is 0 Å². The number of hydrogen-bond acceptors (Lipinski definition) is 4. The van der Waals surface area contributed by atoms with Gasteiger partial charge in [-0.05, 0) is 6.42 Å². The molecule has 0 amide bonds.